The molecule has 0 spiro atoms. The van der Waals surface area contributed by atoms with Gasteiger partial charge in [-0.05, 0) is 37.6 Å². The number of amides is 2. The van der Waals surface area contributed by atoms with Crippen LogP contribution in [0.4, 0.5) is 5.82 Å². The number of carbonyl (C=O) groups excluding carboxylic acids is 2. The highest BCUT2D eigenvalue weighted by Gasteiger charge is 2.42. The number of anilines is 1. The average molecular weight is 305 g/mol. The second-order valence-corrected chi connectivity index (χ2v) is 5.69. The molecule has 1 saturated heterocycles. The topological polar surface area (TPSA) is 75.2 Å². The molecule has 6 nitrogen and oxygen atoms in total. The van der Waals surface area contributed by atoms with E-state index in [2.05, 4.69) is 15.3 Å². The molecule has 0 bridgehead atoms. The van der Waals surface area contributed by atoms with Crippen molar-refractivity contribution in [2.75, 3.05) is 11.4 Å². The van der Waals surface area contributed by atoms with Gasteiger partial charge in [0, 0.05) is 5.39 Å². The fourth-order valence-electron chi connectivity index (χ4n) is 2.36. The van der Waals surface area contributed by atoms with Gasteiger partial charge in [0.15, 0.2) is 0 Å². The predicted molar refractivity (Wildman–Crippen MR) is 79.1 cm³/mol. The minimum absolute atomic E-state index is 0.0378. The van der Waals surface area contributed by atoms with Crippen LogP contribution in [-0.2, 0) is 9.59 Å². The van der Waals surface area contributed by atoms with Crippen LogP contribution in [0.5, 0.6) is 0 Å². The first-order valence-electron chi connectivity index (χ1n) is 6.44. The number of nitrogens with one attached hydrogen (secondary N) is 1. The van der Waals surface area contributed by atoms with E-state index < -0.39 is 5.54 Å². The summed E-state index contributed by atoms with van der Waals surface area (Å²) < 4.78 is 0. The number of carbonyl (C=O) groups is 2. The highest BCUT2D eigenvalue weighted by atomic mass is 35.5. The third-order valence-electron chi connectivity index (χ3n) is 3.60. The van der Waals surface area contributed by atoms with Crippen LogP contribution in [0.15, 0.2) is 24.3 Å². The second-order valence-electron chi connectivity index (χ2n) is 5.36. The lowest BCUT2D eigenvalue weighted by molar-refractivity contribution is -0.135. The fourth-order valence-corrected chi connectivity index (χ4v) is 2.53. The molecule has 21 heavy (non-hydrogen) atoms. The van der Waals surface area contributed by atoms with E-state index in [-0.39, 0.29) is 23.6 Å². The van der Waals surface area contributed by atoms with E-state index in [1.54, 1.807) is 18.7 Å². The molecule has 3 rings (SSSR count). The van der Waals surface area contributed by atoms with Crippen LogP contribution in [-0.4, -0.2) is 33.9 Å². The van der Waals surface area contributed by atoms with Crippen LogP contribution in [0.25, 0.3) is 10.9 Å². The zero-order chi connectivity index (χ0) is 15.2. The van der Waals surface area contributed by atoms with Crippen molar-refractivity contribution in [1.29, 1.82) is 0 Å². The SMILES string of the molecule is CC1(C)C(=O)NC(=O)CN1c1nc(Cl)nc2ccccc12. The summed E-state index contributed by atoms with van der Waals surface area (Å²) in [4.78, 5) is 33.9. The Morgan fingerprint density at radius 2 is 1.95 bits per heavy atom. The highest BCUT2D eigenvalue weighted by molar-refractivity contribution is 6.29. The van der Waals surface area contributed by atoms with Gasteiger partial charge in [0.2, 0.25) is 11.2 Å². The molecular formula is C14H13ClN4O2. The predicted octanol–water partition coefficient (Wildman–Crippen LogP) is 1.52. The molecular weight excluding hydrogens is 292 g/mol. The van der Waals surface area contributed by atoms with Crippen LogP contribution >= 0.6 is 11.6 Å². The van der Waals surface area contributed by atoms with Crippen molar-refractivity contribution in [2.24, 2.45) is 0 Å². The van der Waals surface area contributed by atoms with Crippen molar-refractivity contribution in [3.05, 3.63) is 29.5 Å². The molecule has 7 heteroatoms. The average Bonchev–Trinajstić information content (AvgIpc) is 2.42. The van der Waals surface area contributed by atoms with E-state index in [0.29, 0.717) is 11.3 Å². The molecule has 1 aliphatic heterocycles. The molecule has 0 saturated carbocycles. The molecule has 1 aromatic heterocycles. The number of para-hydroxylation sites is 1. The lowest BCUT2D eigenvalue weighted by atomic mass is 9.98. The number of imide groups is 1. The van der Waals surface area contributed by atoms with E-state index in [4.69, 9.17) is 11.6 Å². The summed E-state index contributed by atoms with van der Waals surface area (Å²) in [7, 11) is 0. The molecule has 0 aliphatic carbocycles. The Labute approximate surface area is 126 Å². The van der Waals surface area contributed by atoms with Crippen molar-refractivity contribution in [3.63, 3.8) is 0 Å². The van der Waals surface area contributed by atoms with Crippen molar-refractivity contribution in [2.45, 2.75) is 19.4 Å². The van der Waals surface area contributed by atoms with Gasteiger partial charge in [0.25, 0.3) is 5.91 Å². The van der Waals surface area contributed by atoms with Gasteiger partial charge < -0.3 is 4.90 Å². The standard InChI is InChI=1S/C14H13ClN4O2/c1-14(2)12(21)17-10(20)7-19(14)11-8-5-3-4-6-9(8)16-13(15)18-11/h3-6H,7H2,1-2H3,(H,17,20,21). The number of halogens is 1. The van der Waals surface area contributed by atoms with E-state index >= 15 is 0 Å². The smallest absolute Gasteiger partial charge is 0.251 e. The van der Waals surface area contributed by atoms with Crippen molar-refractivity contribution < 1.29 is 9.59 Å². The summed E-state index contributed by atoms with van der Waals surface area (Å²) in [6.45, 7) is 3.51. The molecule has 2 amide bonds. The van der Waals surface area contributed by atoms with E-state index in [9.17, 15) is 9.59 Å². The Bertz CT molecular complexity index is 760. The third-order valence-corrected chi connectivity index (χ3v) is 3.77. The Morgan fingerprint density at radius 3 is 2.71 bits per heavy atom. The molecule has 1 fully saturated rings. The monoisotopic (exact) mass is 304 g/mol. The summed E-state index contributed by atoms with van der Waals surface area (Å²) in [5.41, 5.74) is -0.240. The van der Waals surface area contributed by atoms with Gasteiger partial charge >= 0.3 is 0 Å². The largest absolute Gasteiger partial charge is 0.332 e. The van der Waals surface area contributed by atoms with Crippen LogP contribution in [0.3, 0.4) is 0 Å². The lowest BCUT2D eigenvalue weighted by Gasteiger charge is -2.41. The van der Waals surface area contributed by atoms with Crippen molar-refractivity contribution in [1.82, 2.24) is 15.3 Å². The minimum atomic E-state index is -0.908. The molecule has 108 valence electrons. The van der Waals surface area contributed by atoms with Crippen LogP contribution in [0, 0.1) is 0 Å². The highest BCUT2D eigenvalue weighted by Crippen LogP contribution is 2.31. The number of benzene rings is 1. The lowest BCUT2D eigenvalue weighted by Crippen LogP contribution is -2.64. The number of hydrogen-bond donors (Lipinski definition) is 1. The maximum absolute atomic E-state index is 12.1. The Kier molecular flexibility index (Phi) is 3.06. The Morgan fingerprint density at radius 1 is 1.24 bits per heavy atom. The summed E-state index contributed by atoms with van der Waals surface area (Å²) in [5.74, 6) is -0.241. The van der Waals surface area contributed by atoms with Gasteiger partial charge in [-0.2, -0.15) is 4.98 Å². The number of piperazine rings is 1. The van der Waals surface area contributed by atoms with E-state index in [1.807, 2.05) is 24.3 Å². The number of nitrogens with zero attached hydrogens (tertiary/aromatic N) is 3. The normalized spacial score (nSPS) is 18.0. The maximum atomic E-state index is 12.1. The zero-order valence-corrected chi connectivity index (χ0v) is 12.3. The van der Waals surface area contributed by atoms with E-state index in [1.165, 1.54) is 0 Å². The molecule has 2 heterocycles. The number of rotatable bonds is 1. The molecule has 0 unspecified atom stereocenters. The maximum Gasteiger partial charge on any atom is 0.251 e. The first-order valence-corrected chi connectivity index (χ1v) is 6.81. The van der Waals surface area contributed by atoms with Crippen LogP contribution in [0.2, 0.25) is 5.28 Å². The molecule has 1 N–H and O–H groups in total. The van der Waals surface area contributed by atoms with Crippen molar-refractivity contribution in [3.8, 4) is 0 Å². The summed E-state index contributed by atoms with van der Waals surface area (Å²) in [5, 5.41) is 3.17. The number of fused-ring (bicyclic) bond motifs is 1. The van der Waals surface area contributed by atoms with Crippen LogP contribution < -0.4 is 10.2 Å². The van der Waals surface area contributed by atoms with Gasteiger partial charge in [-0.3, -0.25) is 14.9 Å². The fraction of sp³-hybridized carbons (Fsp3) is 0.286. The Balaban J connectivity index is 2.23. The van der Waals surface area contributed by atoms with Crippen LogP contribution in [0.1, 0.15) is 13.8 Å². The molecule has 1 aliphatic rings. The molecule has 1 aromatic carbocycles. The molecule has 0 radical (unpaired) electrons. The zero-order valence-electron chi connectivity index (χ0n) is 11.6. The Hall–Kier alpha value is -2.21. The third kappa shape index (κ3) is 2.21. The van der Waals surface area contributed by atoms with E-state index in [0.717, 1.165) is 5.39 Å². The molecule has 0 atom stereocenters. The summed E-state index contributed by atoms with van der Waals surface area (Å²) in [6, 6.07) is 7.34. The quantitative estimate of drug-likeness (QED) is 0.639. The van der Waals surface area contributed by atoms with Gasteiger partial charge in [0.1, 0.15) is 11.4 Å². The van der Waals surface area contributed by atoms with Crippen molar-refractivity contribution >= 4 is 40.1 Å². The number of aromatic nitrogens is 2. The number of hydrogen-bond acceptors (Lipinski definition) is 5. The van der Waals surface area contributed by atoms with Gasteiger partial charge in [-0.15, -0.1) is 0 Å². The molecule has 2 aromatic rings. The first-order chi connectivity index (χ1) is 9.89. The second kappa shape index (κ2) is 4.66. The summed E-state index contributed by atoms with van der Waals surface area (Å²) in [6.07, 6.45) is 0. The van der Waals surface area contributed by atoms with Gasteiger partial charge in [-0.1, -0.05) is 12.1 Å². The van der Waals surface area contributed by atoms with Gasteiger partial charge in [-0.25, -0.2) is 4.98 Å². The minimum Gasteiger partial charge on any atom is -0.332 e. The van der Waals surface area contributed by atoms with Gasteiger partial charge in [0.05, 0.1) is 12.1 Å². The first kappa shape index (κ1) is 13.8. The summed E-state index contributed by atoms with van der Waals surface area (Å²) >= 11 is 5.97.